The lowest BCUT2D eigenvalue weighted by atomic mass is 10.1. The maximum atomic E-state index is 12.2. The van der Waals surface area contributed by atoms with Crippen LogP contribution in [0.15, 0.2) is 28.8 Å². The Morgan fingerprint density at radius 3 is 2.73 bits per heavy atom. The van der Waals surface area contributed by atoms with Crippen LogP contribution in [0.4, 0.5) is 0 Å². The van der Waals surface area contributed by atoms with E-state index in [1.165, 1.54) is 0 Å². The van der Waals surface area contributed by atoms with Crippen LogP contribution in [-0.2, 0) is 4.74 Å². The minimum absolute atomic E-state index is 0.216. The molecule has 7 heteroatoms. The molecule has 0 radical (unpaired) electrons. The van der Waals surface area contributed by atoms with Crippen LogP contribution >= 0.6 is 0 Å². The van der Waals surface area contributed by atoms with Crippen molar-refractivity contribution in [2.75, 3.05) is 34.0 Å². The predicted molar refractivity (Wildman–Crippen MR) is 97.7 cm³/mol. The number of aromatic nitrogens is 1. The summed E-state index contributed by atoms with van der Waals surface area (Å²) in [6.07, 6.45) is 0.743. The van der Waals surface area contributed by atoms with E-state index in [2.05, 4.69) is 24.3 Å². The highest BCUT2D eigenvalue weighted by atomic mass is 16.5. The van der Waals surface area contributed by atoms with Gasteiger partial charge in [0.1, 0.15) is 11.5 Å². The molecule has 7 nitrogen and oxygen atoms in total. The quantitative estimate of drug-likeness (QED) is 0.654. The lowest BCUT2D eigenvalue weighted by Crippen LogP contribution is -2.25. The van der Waals surface area contributed by atoms with Crippen LogP contribution < -0.4 is 14.8 Å². The Hall–Kier alpha value is -2.54. The van der Waals surface area contributed by atoms with Crippen molar-refractivity contribution >= 4 is 5.91 Å². The van der Waals surface area contributed by atoms with Gasteiger partial charge in [-0.15, -0.1) is 0 Å². The maximum absolute atomic E-state index is 12.2. The van der Waals surface area contributed by atoms with Gasteiger partial charge in [0.2, 0.25) is 0 Å². The highest BCUT2D eigenvalue weighted by Gasteiger charge is 2.17. The van der Waals surface area contributed by atoms with E-state index in [1.807, 2.05) is 0 Å². The SMILES string of the molecule is COc1ccc(OC)c(-c2cc(C(=O)NCCCOCC(C)C)no2)c1. The average molecular weight is 362 g/mol. The van der Waals surface area contributed by atoms with E-state index >= 15 is 0 Å². The Morgan fingerprint density at radius 1 is 1.23 bits per heavy atom. The van der Waals surface area contributed by atoms with E-state index in [4.69, 9.17) is 18.7 Å². The number of nitrogens with one attached hydrogen (secondary N) is 1. The molecule has 2 aromatic rings. The molecule has 1 amide bonds. The number of benzene rings is 1. The van der Waals surface area contributed by atoms with Gasteiger partial charge in [-0.25, -0.2) is 0 Å². The van der Waals surface area contributed by atoms with Gasteiger partial charge in [-0.2, -0.15) is 0 Å². The Kier molecular flexibility index (Phi) is 7.47. The second-order valence-corrected chi connectivity index (χ2v) is 6.22. The number of ether oxygens (including phenoxy) is 3. The summed E-state index contributed by atoms with van der Waals surface area (Å²) in [6.45, 7) is 6.05. The van der Waals surface area contributed by atoms with E-state index in [0.717, 1.165) is 13.0 Å². The maximum Gasteiger partial charge on any atom is 0.273 e. The van der Waals surface area contributed by atoms with Crippen LogP contribution in [0.5, 0.6) is 11.5 Å². The number of amides is 1. The summed E-state index contributed by atoms with van der Waals surface area (Å²) in [5.74, 6) is 1.92. The highest BCUT2D eigenvalue weighted by Crippen LogP contribution is 2.33. The monoisotopic (exact) mass is 362 g/mol. The predicted octanol–water partition coefficient (Wildman–Crippen LogP) is 3.15. The Balaban J connectivity index is 1.94. The number of carbonyl (C=O) groups excluding carboxylic acids is 1. The first-order chi connectivity index (χ1) is 12.5. The molecule has 1 heterocycles. The molecule has 0 saturated heterocycles. The van der Waals surface area contributed by atoms with Crippen LogP contribution in [0, 0.1) is 5.92 Å². The fraction of sp³-hybridized carbons (Fsp3) is 0.474. The van der Waals surface area contributed by atoms with Crippen molar-refractivity contribution in [1.82, 2.24) is 10.5 Å². The summed E-state index contributed by atoms with van der Waals surface area (Å²) in [4.78, 5) is 12.2. The van der Waals surface area contributed by atoms with Crippen LogP contribution in [0.2, 0.25) is 0 Å². The highest BCUT2D eigenvalue weighted by molar-refractivity contribution is 5.93. The summed E-state index contributed by atoms with van der Waals surface area (Å²) in [6, 6.07) is 6.91. The zero-order chi connectivity index (χ0) is 18.9. The molecule has 0 aliphatic heterocycles. The third-order valence-electron chi connectivity index (χ3n) is 3.62. The van der Waals surface area contributed by atoms with Gasteiger partial charge in [0.05, 0.1) is 19.8 Å². The van der Waals surface area contributed by atoms with Gasteiger partial charge in [-0.05, 0) is 30.5 Å². The van der Waals surface area contributed by atoms with Gasteiger partial charge < -0.3 is 24.1 Å². The van der Waals surface area contributed by atoms with E-state index in [9.17, 15) is 4.79 Å². The molecule has 1 N–H and O–H groups in total. The zero-order valence-electron chi connectivity index (χ0n) is 15.7. The minimum atomic E-state index is -0.286. The number of hydrogen-bond donors (Lipinski definition) is 1. The van der Waals surface area contributed by atoms with E-state index in [0.29, 0.717) is 41.9 Å². The fourth-order valence-electron chi connectivity index (χ4n) is 2.30. The molecular formula is C19H26N2O5. The van der Waals surface area contributed by atoms with Gasteiger partial charge in [0, 0.05) is 25.8 Å². The third kappa shape index (κ3) is 5.49. The largest absolute Gasteiger partial charge is 0.497 e. The summed E-state index contributed by atoms with van der Waals surface area (Å²) in [5, 5.41) is 6.65. The fourth-order valence-corrected chi connectivity index (χ4v) is 2.30. The van der Waals surface area contributed by atoms with Gasteiger partial charge in [-0.1, -0.05) is 19.0 Å². The molecule has 1 aromatic heterocycles. The molecule has 0 aliphatic rings. The molecule has 0 saturated carbocycles. The normalized spacial score (nSPS) is 10.8. The third-order valence-corrected chi connectivity index (χ3v) is 3.62. The van der Waals surface area contributed by atoms with Crippen LogP contribution in [0.1, 0.15) is 30.8 Å². The molecule has 26 heavy (non-hydrogen) atoms. The van der Waals surface area contributed by atoms with Gasteiger partial charge in [-0.3, -0.25) is 4.79 Å². The van der Waals surface area contributed by atoms with E-state index < -0.39 is 0 Å². The first kappa shape index (κ1) is 19.8. The molecular weight excluding hydrogens is 336 g/mol. The smallest absolute Gasteiger partial charge is 0.273 e. The average Bonchev–Trinajstić information content (AvgIpc) is 3.13. The van der Waals surface area contributed by atoms with Crippen molar-refractivity contribution in [3.63, 3.8) is 0 Å². The zero-order valence-corrected chi connectivity index (χ0v) is 15.7. The Labute approximate surface area is 153 Å². The molecule has 0 aliphatic carbocycles. The van der Waals surface area contributed by atoms with Crippen LogP contribution in [0.3, 0.4) is 0 Å². The topological polar surface area (TPSA) is 82.8 Å². The Morgan fingerprint density at radius 2 is 2.04 bits per heavy atom. The van der Waals surface area contributed by atoms with E-state index in [1.54, 1.807) is 38.5 Å². The number of carbonyl (C=O) groups is 1. The van der Waals surface area contributed by atoms with Crippen molar-refractivity contribution < 1.29 is 23.5 Å². The summed E-state index contributed by atoms with van der Waals surface area (Å²) < 4.78 is 21.3. The van der Waals surface area contributed by atoms with Gasteiger partial charge in [0.25, 0.3) is 5.91 Å². The summed E-state index contributed by atoms with van der Waals surface area (Å²) in [7, 11) is 3.15. The number of rotatable bonds is 10. The summed E-state index contributed by atoms with van der Waals surface area (Å²) in [5.41, 5.74) is 0.883. The van der Waals surface area contributed by atoms with Crippen molar-refractivity contribution in [1.29, 1.82) is 0 Å². The standard InChI is InChI=1S/C19H26N2O5/c1-13(2)12-25-9-5-8-20-19(22)16-11-18(26-21-16)15-10-14(23-3)6-7-17(15)24-4/h6-7,10-11,13H,5,8-9,12H2,1-4H3,(H,20,22). The molecule has 142 valence electrons. The van der Waals surface area contributed by atoms with E-state index in [-0.39, 0.29) is 11.6 Å². The second kappa shape index (κ2) is 9.82. The van der Waals surface area contributed by atoms with Crippen molar-refractivity contribution in [2.45, 2.75) is 20.3 Å². The molecule has 0 spiro atoms. The molecule has 0 unspecified atom stereocenters. The lowest BCUT2D eigenvalue weighted by molar-refractivity contribution is 0.0917. The first-order valence-corrected chi connectivity index (χ1v) is 8.60. The lowest BCUT2D eigenvalue weighted by Gasteiger charge is -2.07. The van der Waals surface area contributed by atoms with Crippen LogP contribution in [-0.4, -0.2) is 45.0 Å². The second-order valence-electron chi connectivity index (χ2n) is 6.22. The Bertz CT molecular complexity index is 712. The van der Waals surface area contributed by atoms with Crippen molar-refractivity contribution in [3.8, 4) is 22.8 Å². The molecule has 0 atom stereocenters. The van der Waals surface area contributed by atoms with Crippen molar-refractivity contribution in [2.24, 2.45) is 5.92 Å². The van der Waals surface area contributed by atoms with Crippen molar-refractivity contribution in [3.05, 3.63) is 30.0 Å². The molecule has 2 rings (SSSR count). The summed E-state index contributed by atoms with van der Waals surface area (Å²) >= 11 is 0. The molecule has 0 bridgehead atoms. The molecule has 0 fully saturated rings. The van der Waals surface area contributed by atoms with Gasteiger partial charge in [0.15, 0.2) is 11.5 Å². The molecule has 1 aromatic carbocycles. The minimum Gasteiger partial charge on any atom is -0.497 e. The number of nitrogens with zero attached hydrogens (tertiary/aromatic N) is 1. The van der Waals surface area contributed by atoms with Gasteiger partial charge >= 0.3 is 0 Å². The first-order valence-electron chi connectivity index (χ1n) is 8.60. The number of methoxy groups -OCH3 is 2. The van der Waals surface area contributed by atoms with Crippen LogP contribution in [0.25, 0.3) is 11.3 Å². The number of hydrogen-bond acceptors (Lipinski definition) is 6.